The maximum Gasteiger partial charge on any atom is 0.128 e. The summed E-state index contributed by atoms with van der Waals surface area (Å²) in [6.45, 7) is 1.86. The second kappa shape index (κ2) is 5.72. The molecule has 1 fully saturated rings. The topological polar surface area (TPSA) is 28.2 Å². The van der Waals surface area contributed by atoms with Crippen LogP contribution in [0.1, 0.15) is 24.0 Å². The van der Waals surface area contributed by atoms with Gasteiger partial charge >= 0.3 is 0 Å². The molecule has 0 atom stereocenters. The molecule has 0 unspecified atom stereocenters. The number of aromatic nitrogens is 1. The number of rotatable bonds is 6. The molecule has 2 heterocycles. The van der Waals surface area contributed by atoms with Gasteiger partial charge in [0.15, 0.2) is 0 Å². The summed E-state index contributed by atoms with van der Waals surface area (Å²) in [4.78, 5) is 6.66. The molecule has 0 aliphatic heterocycles. The first-order valence-corrected chi connectivity index (χ1v) is 7.66. The van der Waals surface area contributed by atoms with E-state index in [-0.39, 0.29) is 0 Å². The standard InChI is InChI=1S/C15H19N3S/c1-18(10-13-5-7-19-11-13)15-8-12(4-6-16-15)9-17-14-2-3-14/h4-8,11,14,17H,2-3,9-10H2,1H3. The summed E-state index contributed by atoms with van der Waals surface area (Å²) in [6, 6.07) is 7.19. The van der Waals surface area contributed by atoms with Crippen molar-refractivity contribution in [3.8, 4) is 0 Å². The zero-order valence-electron chi connectivity index (χ0n) is 11.2. The van der Waals surface area contributed by atoms with E-state index in [1.165, 1.54) is 24.0 Å². The first kappa shape index (κ1) is 12.6. The lowest BCUT2D eigenvalue weighted by molar-refractivity contribution is 0.686. The minimum absolute atomic E-state index is 0.750. The van der Waals surface area contributed by atoms with Crippen molar-refractivity contribution in [1.29, 1.82) is 0 Å². The zero-order valence-corrected chi connectivity index (χ0v) is 12.0. The number of nitrogens with one attached hydrogen (secondary N) is 1. The molecule has 0 aromatic carbocycles. The van der Waals surface area contributed by atoms with E-state index in [0.29, 0.717) is 0 Å². The van der Waals surface area contributed by atoms with Crippen molar-refractivity contribution in [2.75, 3.05) is 11.9 Å². The maximum absolute atomic E-state index is 4.46. The summed E-state index contributed by atoms with van der Waals surface area (Å²) in [5, 5.41) is 7.85. The average Bonchev–Trinajstić information content (AvgIpc) is 3.13. The lowest BCUT2D eigenvalue weighted by Gasteiger charge is -2.18. The minimum atomic E-state index is 0.750. The fourth-order valence-corrected chi connectivity index (χ4v) is 2.73. The molecule has 19 heavy (non-hydrogen) atoms. The fourth-order valence-electron chi connectivity index (χ4n) is 2.07. The van der Waals surface area contributed by atoms with Gasteiger partial charge in [-0.1, -0.05) is 0 Å². The molecule has 3 nitrogen and oxygen atoms in total. The van der Waals surface area contributed by atoms with E-state index in [1.807, 2.05) is 6.20 Å². The van der Waals surface area contributed by atoms with Crippen LogP contribution in [0.5, 0.6) is 0 Å². The minimum Gasteiger partial charge on any atom is -0.355 e. The molecule has 1 aliphatic carbocycles. The third-order valence-corrected chi connectivity index (χ3v) is 4.11. The van der Waals surface area contributed by atoms with Gasteiger partial charge < -0.3 is 10.2 Å². The van der Waals surface area contributed by atoms with Gasteiger partial charge in [-0.15, -0.1) is 0 Å². The highest BCUT2D eigenvalue weighted by molar-refractivity contribution is 7.07. The van der Waals surface area contributed by atoms with E-state index in [9.17, 15) is 0 Å². The van der Waals surface area contributed by atoms with Gasteiger partial charge in [0.25, 0.3) is 0 Å². The second-order valence-corrected chi connectivity index (χ2v) is 5.95. The van der Waals surface area contributed by atoms with Gasteiger partial charge in [-0.05, 0) is 52.9 Å². The highest BCUT2D eigenvalue weighted by Gasteiger charge is 2.19. The van der Waals surface area contributed by atoms with E-state index >= 15 is 0 Å². The van der Waals surface area contributed by atoms with Crippen LogP contribution in [0, 0.1) is 0 Å². The summed E-state index contributed by atoms with van der Waals surface area (Å²) >= 11 is 1.74. The molecule has 2 aromatic rings. The highest BCUT2D eigenvalue weighted by Crippen LogP contribution is 2.20. The molecular weight excluding hydrogens is 254 g/mol. The predicted octanol–water partition coefficient (Wildman–Crippen LogP) is 3.03. The molecule has 100 valence electrons. The van der Waals surface area contributed by atoms with Crippen molar-refractivity contribution in [2.24, 2.45) is 0 Å². The molecule has 1 saturated carbocycles. The first-order chi connectivity index (χ1) is 9.31. The van der Waals surface area contributed by atoms with E-state index in [2.05, 4.69) is 51.2 Å². The molecule has 1 aliphatic rings. The third kappa shape index (κ3) is 3.55. The van der Waals surface area contributed by atoms with Crippen LogP contribution in [0.25, 0.3) is 0 Å². The number of hydrogen-bond acceptors (Lipinski definition) is 4. The largest absolute Gasteiger partial charge is 0.355 e. The zero-order chi connectivity index (χ0) is 13.1. The Hall–Kier alpha value is -1.39. The molecule has 0 amide bonds. The first-order valence-electron chi connectivity index (χ1n) is 6.72. The molecule has 4 heteroatoms. The Labute approximate surface area is 118 Å². The van der Waals surface area contributed by atoms with Gasteiger partial charge in [-0.3, -0.25) is 0 Å². The molecule has 0 spiro atoms. The van der Waals surface area contributed by atoms with E-state index < -0.39 is 0 Å². The number of pyridine rings is 1. The van der Waals surface area contributed by atoms with Gasteiger partial charge in [0.05, 0.1) is 0 Å². The summed E-state index contributed by atoms with van der Waals surface area (Å²) < 4.78 is 0. The van der Waals surface area contributed by atoms with E-state index in [0.717, 1.165) is 24.9 Å². The number of hydrogen-bond donors (Lipinski definition) is 1. The van der Waals surface area contributed by atoms with Crippen LogP contribution < -0.4 is 10.2 Å². The lowest BCUT2D eigenvalue weighted by atomic mass is 10.2. The van der Waals surface area contributed by atoms with Crippen molar-refractivity contribution in [2.45, 2.75) is 32.0 Å². The van der Waals surface area contributed by atoms with Crippen molar-refractivity contribution in [1.82, 2.24) is 10.3 Å². The van der Waals surface area contributed by atoms with Crippen LogP contribution in [-0.4, -0.2) is 18.1 Å². The van der Waals surface area contributed by atoms with Crippen molar-refractivity contribution < 1.29 is 0 Å². The Balaban J connectivity index is 1.63. The van der Waals surface area contributed by atoms with E-state index in [1.54, 1.807) is 11.3 Å². The van der Waals surface area contributed by atoms with Gasteiger partial charge in [0.1, 0.15) is 5.82 Å². The van der Waals surface area contributed by atoms with Crippen LogP contribution in [-0.2, 0) is 13.1 Å². The molecular formula is C15H19N3S. The molecule has 0 radical (unpaired) electrons. The molecule has 1 N–H and O–H groups in total. The van der Waals surface area contributed by atoms with Crippen molar-refractivity contribution >= 4 is 17.2 Å². The third-order valence-electron chi connectivity index (χ3n) is 3.37. The summed E-state index contributed by atoms with van der Waals surface area (Å²) in [7, 11) is 2.10. The Morgan fingerprint density at radius 1 is 1.37 bits per heavy atom. The normalized spacial score (nSPS) is 14.6. The van der Waals surface area contributed by atoms with Crippen molar-refractivity contribution in [3.05, 3.63) is 46.3 Å². The molecule has 3 rings (SSSR count). The van der Waals surface area contributed by atoms with Gasteiger partial charge in [0.2, 0.25) is 0 Å². The van der Waals surface area contributed by atoms with Gasteiger partial charge in [0, 0.05) is 32.4 Å². The second-order valence-electron chi connectivity index (χ2n) is 5.17. The fraction of sp³-hybridized carbons (Fsp3) is 0.400. The van der Waals surface area contributed by atoms with Gasteiger partial charge in [-0.2, -0.15) is 11.3 Å². The smallest absolute Gasteiger partial charge is 0.128 e. The van der Waals surface area contributed by atoms with Gasteiger partial charge in [-0.25, -0.2) is 4.98 Å². The average molecular weight is 273 g/mol. The van der Waals surface area contributed by atoms with Crippen LogP contribution in [0.2, 0.25) is 0 Å². The highest BCUT2D eigenvalue weighted by atomic mass is 32.1. The Morgan fingerprint density at radius 3 is 3.00 bits per heavy atom. The number of nitrogens with zero attached hydrogens (tertiary/aromatic N) is 2. The number of thiophene rings is 1. The van der Waals surface area contributed by atoms with Crippen LogP contribution in [0.15, 0.2) is 35.2 Å². The molecule has 0 saturated heterocycles. The van der Waals surface area contributed by atoms with Crippen LogP contribution in [0.4, 0.5) is 5.82 Å². The quantitative estimate of drug-likeness (QED) is 0.877. The van der Waals surface area contributed by atoms with Crippen LogP contribution in [0.3, 0.4) is 0 Å². The van der Waals surface area contributed by atoms with Crippen LogP contribution >= 0.6 is 11.3 Å². The molecule has 2 aromatic heterocycles. The Morgan fingerprint density at radius 2 is 2.26 bits per heavy atom. The lowest BCUT2D eigenvalue weighted by Crippen LogP contribution is -2.19. The summed E-state index contributed by atoms with van der Waals surface area (Å²) in [5.74, 6) is 1.04. The summed E-state index contributed by atoms with van der Waals surface area (Å²) in [5.41, 5.74) is 2.66. The molecule has 0 bridgehead atoms. The van der Waals surface area contributed by atoms with Crippen molar-refractivity contribution in [3.63, 3.8) is 0 Å². The Bertz CT molecular complexity index is 520. The number of anilines is 1. The SMILES string of the molecule is CN(Cc1ccsc1)c1cc(CNC2CC2)ccn1. The summed E-state index contributed by atoms with van der Waals surface area (Å²) in [6.07, 6.45) is 4.56. The van der Waals surface area contributed by atoms with E-state index in [4.69, 9.17) is 0 Å². The Kier molecular flexibility index (Phi) is 3.80. The predicted molar refractivity (Wildman–Crippen MR) is 80.5 cm³/mol. The monoisotopic (exact) mass is 273 g/mol. The maximum atomic E-state index is 4.46.